The van der Waals surface area contributed by atoms with Gasteiger partial charge in [0.2, 0.25) is 5.91 Å². The zero-order valence-electron chi connectivity index (χ0n) is 15.7. The molecule has 5 heteroatoms. The molecule has 0 spiro atoms. The number of hydrogen-bond donors (Lipinski definition) is 1. The number of likely N-dealkylation sites (N-methyl/N-ethyl adjacent to an activating group) is 1. The minimum Gasteiger partial charge on any atom is -0.357 e. The Balaban J connectivity index is 1.43. The van der Waals surface area contributed by atoms with Crippen LogP contribution in [0.4, 0.5) is 4.39 Å². The van der Waals surface area contributed by atoms with Gasteiger partial charge in [-0.15, -0.1) is 0 Å². The van der Waals surface area contributed by atoms with Gasteiger partial charge in [-0.2, -0.15) is 0 Å². The summed E-state index contributed by atoms with van der Waals surface area (Å²) < 4.78 is 13.4. The molecule has 4 nitrogen and oxygen atoms in total. The van der Waals surface area contributed by atoms with Crippen LogP contribution in [0.1, 0.15) is 23.7 Å². The van der Waals surface area contributed by atoms with E-state index in [0.717, 1.165) is 36.1 Å². The molecule has 1 aliphatic rings. The normalized spacial score (nSPS) is 15.5. The Morgan fingerprint density at radius 1 is 1.22 bits per heavy atom. The topological polar surface area (TPSA) is 39.3 Å². The van der Waals surface area contributed by atoms with Crippen molar-refractivity contribution in [2.24, 2.45) is 0 Å². The van der Waals surface area contributed by atoms with Gasteiger partial charge in [-0.1, -0.05) is 24.3 Å². The summed E-state index contributed by atoms with van der Waals surface area (Å²) in [5, 5.41) is 0.825. The average molecular weight is 365 g/mol. The van der Waals surface area contributed by atoms with Gasteiger partial charge < -0.3 is 9.88 Å². The average Bonchev–Trinajstić information content (AvgIpc) is 3.07. The lowest BCUT2D eigenvalue weighted by Crippen LogP contribution is -2.47. The fourth-order valence-electron chi connectivity index (χ4n) is 3.91. The molecule has 1 amide bonds. The van der Waals surface area contributed by atoms with Crippen molar-refractivity contribution in [3.63, 3.8) is 0 Å². The number of nitrogens with zero attached hydrogens (tertiary/aromatic N) is 2. The predicted molar refractivity (Wildman–Crippen MR) is 105 cm³/mol. The summed E-state index contributed by atoms with van der Waals surface area (Å²) >= 11 is 0. The maximum atomic E-state index is 13.4. The van der Waals surface area contributed by atoms with E-state index in [0.29, 0.717) is 6.54 Å². The van der Waals surface area contributed by atoms with Crippen molar-refractivity contribution < 1.29 is 9.18 Å². The number of aromatic amines is 1. The standard InChI is InChI=1S/C22H24FN3O/c1-15(26-10-9-16-5-3-4-6-17(16)13-26)22(27)25(2)14-20-12-18-11-19(23)7-8-21(18)24-20/h3-8,11-12,15,24H,9-10,13-14H2,1-2H3/t15-/m1/s1. The van der Waals surface area contributed by atoms with Gasteiger partial charge in [0.15, 0.2) is 0 Å². The number of benzene rings is 2. The zero-order valence-corrected chi connectivity index (χ0v) is 15.7. The maximum Gasteiger partial charge on any atom is 0.239 e. The molecule has 140 valence electrons. The largest absolute Gasteiger partial charge is 0.357 e. The highest BCUT2D eigenvalue weighted by Crippen LogP contribution is 2.22. The first kappa shape index (κ1) is 17.7. The van der Waals surface area contributed by atoms with E-state index in [9.17, 15) is 9.18 Å². The Bertz CT molecular complexity index is 981. The van der Waals surface area contributed by atoms with Crippen LogP contribution in [0.15, 0.2) is 48.5 Å². The summed E-state index contributed by atoms with van der Waals surface area (Å²) in [6, 6.07) is 14.8. The van der Waals surface area contributed by atoms with E-state index < -0.39 is 0 Å². The lowest BCUT2D eigenvalue weighted by atomic mass is 9.98. The van der Waals surface area contributed by atoms with Crippen LogP contribution in [0.5, 0.6) is 0 Å². The molecule has 0 aliphatic carbocycles. The van der Waals surface area contributed by atoms with Gasteiger partial charge >= 0.3 is 0 Å². The zero-order chi connectivity index (χ0) is 19.0. The quantitative estimate of drug-likeness (QED) is 0.766. The molecule has 0 unspecified atom stereocenters. The molecule has 0 radical (unpaired) electrons. The van der Waals surface area contributed by atoms with Crippen LogP contribution in [0.3, 0.4) is 0 Å². The molecule has 1 N–H and O–H groups in total. The van der Waals surface area contributed by atoms with E-state index in [4.69, 9.17) is 0 Å². The SMILES string of the molecule is C[C@H](C(=O)N(C)Cc1cc2cc(F)ccc2[nH]1)N1CCc2ccccc2C1. The molecular formula is C22H24FN3O. The fraction of sp³-hybridized carbons (Fsp3) is 0.318. The number of H-pyrrole nitrogens is 1. The number of rotatable bonds is 4. The van der Waals surface area contributed by atoms with Crippen molar-refractivity contribution >= 4 is 16.8 Å². The lowest BCUT2D eigenvalue weighted by molar-refractivity contribution is -0.136. The van der Waals surface area contributed by atoms with E-state index in [2.05, 4.69) is 34.1 Å². The number of amides is 1. The lowest BCUT2D eigenvalue weighted by Gasteiger charge is -2.34. The van der Waals surface area contributed by atoms with Crippen LogP contribution in [0, 0.1) is 5.82 Å². The van der Waals surface area contributed by atoms with Gasteiger partial charge in [0.05, 0.1) is 12.6 Å². The summed E-state index contributed by atoms with van der Waals surface area (Å²) in [6.07, 6.45) is 0.977. The van der Waals surface area contributed by atoms with Gasteiger partial charge in [0.25, 0.3) is 0 Å². The highest BCUT2D eigenvalue weighted by Gasteiger charge is 2.27. The number of hydrogen-bond acceptors (Lipinski definition) is 2. The third-order valence-electron chi connectivity index (χ3n) is 5.49. The fourth-order valence-corrected chi connectivity index (χ4v) is 3.91. The Morgan fingerprint density at radius 2 is 2.00 bits per heavy atom. The van der Waals surface area contributed by atoms with Gasteiger partial charge in [0, 0.05) is 36.7 Å². The van der Waals surface area contributed by atoms with Crippen LogP contribution in [-0.2, 0) is 24.3 Å². The minimum atomic E-state index is -0.253. The van der Waals surface area contributed by atoms with E-state index in [-0.39, 0.29) is 17.8 Å². The summed E-state index contributed by atoms with van der Waals surface area (Å²) in [6.45, 7) is 4.16. The summed E-state index contributed by atoms with van der Waals surface area (Å²) in [7, 11) is 1.82. The third kappa shape index (κ3) is 3.60. The van der Waals surface area contributed by atoms with Crippen LogP contribution >= 0.6 is 0 Å². The molecule has 0 saturated heterocycles. The number of carbonyl (C=O) groups excluding carboxylic acids is 1. The molecule has 3 aromatic rings. The van der Waals surface area contributed by atoms with Crippen molar-refractivity contribution in [3.05, 3.63) is 71.2 Å². The second kappa shape index (κ2) is 7.16. The molecule has 1 aromatic heterocycles. The van der Waals surface area contributed by atoms with Gasteiger partial charge in [0.1, 0.15) is 5.82 Å². The first-order valence-corrected chi connectivity index (χ1v) is 9.34. The summed E-state index contributed by atoms with van der Waals surface area (Å²) in [5.74, 6) is -0.157. The first-order valence-electron chi connectivity index (χ1n) is 9.34. The minimum absolute atomic E-state index is 0.0965. The highest BCUT2D eigenvalue weighted by atomic mass is 19.1. The van der Waals surface area contributed by atoms with Crippen molar-refractivity contribution in [3.8, 4) is 0 Å². The summed E-state index contributed by atoms with van der Waals surface area (Å²) in [5.41, 5.74) is 4.48. The molecule has 27 heavy (non-hydrogen) atoms. The van der Waals surface area contributed by atoms with Crippen molar-refractivity contribution in [2.75, 3.05) is 13.6 Å². The maximum absolute atomic E-state index is 13.4. The van der Waals surface area contributed by atoms with Gasteiger partial charge in [-0.05, 0) is 48.7 Å². The molecule has 0 saturated carbocycles. The number of halogens is 1. The molecule has 1 aliphatic heterocycles. The number of fused-ring (bicyclic) bond motifs is 2. The molecule has 0 fully saturated rings. The number of carbonyl (C=O) groups is 1. The van der Waals surface area contributed by atoms with E-state index in [1.165, 1.54) is 23.3 Å². The third-order valence-corrected chi connectivity index (χ3v) is 5.49. The predicted octanol–water partition coefficient (Wildman–Crippen LogP) is 3.71. The van der Waals surface area contributed by atoms with E-state index in [1.54, 1.807) is 11.0 Å². The van der Waals surface area contributed by atoms with Crippen LogP contribution < -0.4 is 0 Å². The van der Waals surface area contributed by atoms with Gasteiger partial charge in [-0.25, -0.2) is 4.39 Å². The molecular weight excluding hydrogens is 341 g/mol. The monoisotopic (exact) mass is 365 g/mol. The van der Waals surface area contributed by atoms with Crippen LogP contribution in [-0.4, -0.2) is 40.3 Å². The second-order valence-electron chi connectivity index (χ2n) is 7.39. The Kier molecular flexibility index (Phi) is 4.70. The molecule has 0 bridgehead atoms. The number of aromatic nitrogens is 1. The van der Waals surface area contributed by atoms with E-state index >= 15 is 0 Å². The van der Waals surface area contributed by atoms with Gasteiger partial charge in [-0.3, -0.25) is 9.69 Å². The highest BCUT2D eigenvalue weighted by molar-refractivity contribution is 5.82. The molecule has 2 aromatic carbocycles. The van der Waals surface area contributed by atoms with Crippen molar-refractivity contribution in [2.45, 2.75) is 32.5 Å². The molecule has 1 atom stereocenters. The number of nitrogens with one attached hydrogen (secondary N) is 1. The van der Waals surface area contributed by atoms with Crippen molar-refractivity contribution in [1.82, 2.24) is 14.8 Å². The Labute approximate surface area is 158 Å². The second-order valence-corrected chi connectivity index (χ2v) is 7.39. The van der Waals surface area contributed by atoms with E-state index in [1.807, 2.05) is 20.0 Å². The van der Waals surface area contributed by atoms with Crippen LogP contribution in [0.2, 0.25) is 0 Å². The summed E-state index contributed by atoms with van der Waals surface area (Å²) in [4.78, 5) is 20.2. The Hall–Kier alpha value is -2.66. The van der Waals surface area contributed by atoms with Crippen LogP contribution in [0.25, 0.3) is 10.9 Å². The smallest absolute Gasteiger partial charge is 0.239 e. The Morgan fingerprint density at radius 3 is 2.81 bits per heavy atom. The molecule has 2 heterocycles. The molecule has 4 rings (SSSR count). The first-order chi connectivity index (χ1) is 13.0. The van der Waals surface area contributed by atoms with Crippen molar-refractivity contribution in [1.29, 1.82) is 0 Å².